The number of hydrogen-bond acceptors (Lipinski definition) is 2. The molecule has 0 aliphatic carbocycles. The van der Waals surface area contributed by atoms with Gasteiger partial charge in [-0.1, -0.05) is 12.1 Å². The van der Waals surface area contributed by atoms with E-state index in [1.165, 1.54) is 18.2 Å². The Hall–Kier alpha value is -1.88. The lowest BCUT2D eigenvalue weighted by Crippen LogP contribution is -1.99. The first-order valence-electron chi connectivity index (χ1n) is 5.46. The van der Waals surface area contributed by atoms with Crippen molar-refractivity contribution in [2.75, 3.05) is 0 Å². The van der Waals surface area contributed by atoms with E-state index in [-0.39, 0.29) is 18.0 Å². The van der Waals surface area contributed by atoms with Gasteiger partial charge in [0.2, 0.25) is 0 Å². The fraction of sp³-hybridized carbons (Fsp3) is 0.0714. The molecule has 0 heterocycles. The van der Waals surface area contributed by atoms with Gasteiger partial charge in [0.15, 0.2) is 0 Å². The molecule has 0 aromatic heterocycles. The maximum absolute atomic E-state index is 13.1. The van der Waals surface area contributed by atoms with E-state index in [1.54, 1.807) is 24.3 Å². The molecule has 0 spiro atoms. The number of ether oxygens (including phenoxy) is 1. The zero-order chi connectivity index (χ0) is 13.8. The number of halogens is 2. The van der Waals surface area contributed by atoms with Crippen molar-refractivity contribution < 1.29 is 19.0 Å². The second-order valence-corrected chi connectivity index (χ2v) is 4.72. The van der Waals surface area contributed by atoms with Gasteiger partial charge in [-0.25, -0.2) is 9.18 Å². The number of aromatic carboxylic acids is 1. The molecular weight excluding hydrogens is 315 g/mol. The zero-order valence-corrected chi connectivity index (χ0v) is 11.4. The van der Waals surface area contributed by atoms with E-state index in [2.05, 4.69) is 15.9 Å². The molecule has 0 saturated carbocycles. The van der Waals surface area contributed by atoms with Crippen LogP contribution >= 0.6 is 15.9 Å². The first-order chi connectivity index (χ1) is 9.06. The normalized spacial score (nSPS) is 10.2. The summed E-state index contributed by atoms with van der Waals surface area (Å²) in [5.41, 5.74) is 0.951. The smallest absolute Gasteiger partial charge is 0.335 e. The lowest BCUT2D eigenvalue weighted by molar-refractivity contribution is 0.0696. The van der Waals surface area contributed by atoms with Gasteiger partial charge in [0.25, 0.3) is 0 Å². The second-order valence-electron chi connectivity index (χ2n) is 3.87. The Bertz CT molecular complexity index is 613. The standard InChI is InChI=1S/C14H10BrFO3/c15-12-6-9(4-5-13(12)16)8-19-11-3-1-2-10(7-11)14(17)18/h1-7H,8H2,(H,17,18). The second kappa shape index (κ2) is 5.84. The van der Waals surface area contributed by atoms with Crippen LogP contribution in [0.5, 0.6) is 5.75 Å². The number of carboxylic acid groups (broad SMARTS) is 1. The zero-order valence-electron chi connectivity index (χ0n) is 9.77. The van der Waals surface area contributed by atoms with Crippen LogP contribution in [0.1, 0.15) is 15.9 Å². The number of rotatable bonds is 4. The Morgan fingerprint density at radius 3 is 2.74 bits per heavy atom. The Labute approximate surface area is 117 Å². The molecule has 0 amide bonds. The molecule has 0 saturated heterocycles. The first kappa shape index (κ1) is 13.5. The van der Waals surface area contributed by atoms with Crippen molar-refractivity contribution in [1.82, 2.24) is 0 Å². The molecule has 0 bridgehead atoms. The van der Waals surface area contributed by atoms with Crippen LogP contribution in [-0.2, 0) is 6.61 Å². The maximum Gasteiger partial charge on any atom is 0.335 e. The third-order valence-electron chi connectivity index (χ3n) is 2.47. The summed E-state index contributed by atoms with van der Waals surface area (Å²) in [6, 6.07) is 10.8. The van der Waals surface area contributed by atoms with E-state index in [1.807, 2.05) is 0 Å². The summed E-state index contributed by atoms with van der Waals surface area (Å²) in [7, 11) is 0. The number of carbonyl (C=O) groups is 1. The van der Waals surface area contributed by atoms with Crippen LogP contribution < -0.4 is 4.74 Å². The van der Waals surface area contributed by atoms with Crippen molar-refractivity contribution in [3.8, 4) is 5.75 Å². The third kappa shape index (κ3) is 3.54. The van der Waals surface area contributed by atoms with Crippen molar-refractivity contribution in [2.45, 2.75) is 6.61 Å². The molecule has 0 aliphatic heterocycles. The van der Waals surface area contributed by atoms with Gasteiger partial charge in [-0.2, -0.15) is 0 Å². The maximum atomic E-state index is 13.1. The van der Waals surface area contributed by atoms with Gasteiger partial charge in [0.05, 0.1) is 10.0 Å². The molecule has 0 fully saturated rings. The van der Waals surface area contributed by atoms with E-state index in [0.29, 0.717) is 10.2 Å². The molecule has 0 aliphatic rings. The summed E-state index contributed by atoms with van der Waals surface area (Å²) >= 11 is 3.09. The van der Waals surface area contributed by atoms with Crippen LogP contribution in [-0.4, -0.2) is 11.1 Å². The highest BCUT2D eigenvalue weighted by Crippen LogP contribution is 2.19. The van der Waals surface area contributed by atoms with Gasteiger partial charge in [-0.3, -0.25) is 0 Å². The van der Waals surface area contributed by atoms with Crippen LogP contribution in [0.25, 0.3) is 0 Å². The lowest BCUT2D eigenvalue weighted by Gasteiger charge is -2.07. The molecule has 98 valence electrons. The lowest BCUT2D eigenvalue weighted by atomic mass is 10.2. The van der Waals surface area contributed by atoms with E-state index in [9.17, 15) is 9.18 Å². The summed E-state index contributed by atoms with van der Waals surface area (Å²) in [4.78, 5) is 10.8. The predicted octanol–water partition coefficient (Wildman–Crippen LogP) is 3.87. The number of hydrogen-bond donors (Lipinski definition) is 1. The monoisotopic (exact) mass is 324 g/mol. The highest BCUT2D eigenvalue weighted by atomic mass is 79.9. The minimum absolute atomic E-state index is 0.165. The minimum atomic E-state index is -1.00. The highest BCUT2D eigenvalue weighted by Gasteiger charge is 2.05. The van der Waals surface area contributed by atoms with E-state index in [0.717, 1.165) is 5.56 Å². The summed E-state index contributed by atoms with van der Waals surface area (Å²) < 4.78 is 18.9. The molecule has 2 rings (SSSR count). The Morgan fingerprint density at radius 2 is 2.05 bits per heavy atom. The molecule has 3 nitrogen and oxygen atoms in total. The number of benzene rings is 2. The van der Waals surface area contributed by atoms with Gasteiger partial charge in [0, 0.05) is 0 Å². The molecule has 0 unspecified atom stereocenters. The van der Waals surface area contributed by atoms with Gasteiger partial charge in [0.1, 0.15) is 18.2 Å². The fourth-order valence-electron chi connectivity index (χ4n) is 1.51. The highest BCUT2D eigenvalue weighted by molar-refractivity contribution is 9.10. The topological polar surface area (TPSA) is 46.5 Å². The summed E-state index contributed by atoms with van der Waals surface area (Å²) in [6.07, 6.45) is 0. The van der Waals surface area contributed by atoms with Gasteiger partial charge < -0.3 is 9.84 Å². The third-order valence-corrected chi connectivity index (χ3v) is 3.08. The van der Waals surface area contributed by atoms with Crippen molar-refractivity contribution >= 4 is 21.9 Å². The van der Waals surface area contributed by atoms with Gasteiger partial charge in [-0.05, 0) is 51.8 Å². The molecular formula is C14H10BrFO3. The molecule has 2 aromatic carbocycles. The van der Waals surface area contributed by atoms with Crippen molar-refractivity contribution in [2.24, 2.45) is 0 Å². The first-order valence-corrected chi connectivity index (χ1v) is 6.25. The summed E-state index contributed by atoms with van der Waals surface area (Å²) in [5.74, 6) is -0.882. The van der Waals surface area contributed by atoms with E-state index in [4.69, 9.17) is 9.84 Å². The SMILES string of the molecule is O=C(O)c1cccc(OCc2ccc(F)c(Br)c2)c1. The molecule has 1 N–H and O–H groups in total. The Balaban J connectivity index is 2.07. The predicted molar refractivity (Wildman–Crippen MR) is 71.8 cm³/mol. The van der Waals surface area contributed by atoms with Crippen LogP contribution in [0.4, 0.5) is 4.39 Å². The van der Waals surface area contributed by atoms with E-state index >= 15 is 0 Å². The van der Waals surface area contributed by atoms with Crippen LogP contribution in [0.2, 0.25) is 0 Å². The van der Waals surface area contributed by atoms with Gasteiger partial charge in [-0.15, -0.1) is 0 Å². The van der Waals surface area contributed by atoms with Crippen molar-refractivity contribution in [1.29, 1.82) is 0 Å². The molecule has 19 heavy (non-hydrogen) atoms. The molecule has 5 heteroatoms. The fourth-order valence-corrected chi connectivity index (χ4v) is 1.94. The van der Waals surface area contributed by atoms with Crippen LogP contribution in [0.3, 0.4) is 0 Å². The average Bonchev–Trinajstić information content (AvgIpc) is 2.40. The molecule has 0 atom stereocenters. The van der Waals surface area contributed by atoms with Gasteiger partial charge >= 0.3 is 5.97 Å². The largest absolute Gasteiger partial charge is 0.489 e. The number of carboxylic acids is 1. The summed E-state index contributed by atoms with van der Waals surface area (Å²) in [5, 5.41) is 8.86. The average molecular weight is 325 g/mol. The summed E-state index contributed by atoms with van der Waals surface area (Å²) in [6.45, 7) is 0.238. The van der Waals surface area contributed by atoms with Crippen LogP contribution in [0, 0.1) is 5.82 Å². The van der Waals surface area contributed by atoms with Crippen molar-refractivity contribution in [3.63, 3.8) is 0 Å². The quantitative estimate of drug-likeness (QED) is 0.928. The van der Waals surface area contributed by atoms with E-state index < -0.39 is 5.97 Å². The Morgan fingerprint density at radius 1 is 1.26 bits per heavy atom. The molecule has 0 radical (unpaired) electrons. The molecule has 2 aromatic rings. The van der Waals surface area contributed by atoms with Crippen molar-refractivity contribution in [3.05, 3.63) is 63.9 Å². The van der Waals surface area contributed by atoms with Crippen LogP contribution in [0.15, 0.2) is 46.9 Å². The Kier molecular flexibility index (Phi) is 4.16. The minimum Gasteiger partial charge on any atom is -0.489 e.